The predicted molar refractivity (Wildman–Crippen MR) is 110 cm³/mol. The first kappa shape index (κ1) is 20.7. The molecule has 0 spiro atoms. The highest BCUT2D eigenvalue weighted by Crippen LogP contribution is 2.17. The van der Waals surface area contributed by atoms with Gasteiger partial charge in [-0.05, 0) is 43.6 Å². The van der Waals surface area contributed by atoms with Gasteiger partial charge >= 0.3 is 0 Å². The lowest BCUT2D eigenvalue weighted by molar-refractivity contribution is 0.232. The fourth-order valence-corrected chi connectivity index (χ4v) is 3.18. The lowest BCUT2D eigenvalue weighted by atomic mass is 10.1. The van der Waals surface area contributed by atoms with E-state index in [9.17, 15) is 0 Å². The Morgan fingerprint density at radius 3 is 2.71 bits per heavy atom. The number of aliphatic imine (C=N–C) groups is 1. The summed E-state index contributed by atoms with van der Waals surface area (Å²) in [5.41, 5.74) is 1.84. The Morgan fingerprint density at radius 2 is 2.12 bits per heavy atom. The Bertz CT molecular complexity index is 564. The summed E-state index contributed by atoms with van der Waals surface area (Å²) in [6.07, 6.45) is 2.56. The third kappa shape index (κ3) is 5.64. The van der Waals surface area contributed by atoms with Crippen LogP contribution in [0.4, 0.5) is 0 Å². The molecule has 1 aliphatic heterocycles. The minimum absolute atomic E-state index is 0. The first-order valence-corrected chi connectivity index (χ1v) is 8.32. The summed E-state index contributed by atoms with van der Waals surface area (Å²) < 4.78 is 0. The zero-order chi connectivity index (χ0) is 16.7. The maximum absolute atomic E-state index is 8.84. The summed E-state index contributed by atoms with van der Waals surface area (Å²) in [5, 5.41) is 12.2. The molecule has 5 nitrogen and oxygen atoms in total. The summed E-state index contributed by atoms with van der Waals surface area (Å²) in [7, 11) is 3.92. The van der Waals surface area contributed by atoms with E-state index in [4.69, 9.17) is 5.26 Å². The predicted octanol–water partition coefficient (Wildman–Crippen LogP) is 2.67. The van der Waals surface area contributed by atoms with Gasteiger partial charge in [-0.1, -0.05) is 19.1 Å². The number of nitrogens with zero attached hydrogens (tertiary/aromatic N) is 4. The number of rotatable bonds is 5. The fourth-order valence-electron chi connectivity index (χ4n) is 3.18. The zero-order valence-corrected chi connectivity index (χ0v) is 17.2. The van der Waals surface area contributed by atoms with Crippen molar-refractivity contribution < 1.29 is 0 Å². The molecule has 1 saturated heterocycles. The molecule has 0 aromatic heterocycles. The molecule has 1 N–H and O–H groups in total. The van der Waals surface area contributed by atoms with E-state index >= 15 is 0 Å². The zero-order valence-electron chi connectivity index (χ0n) is 14.8. The molecule has 0 amide bonds. The molecule has 6 heteroatoms. The molecule has 24 heavy (non-hydrogen) atoms. The van der Waals surface area contributed by atoms with Crippen molar-refractivity contribution in [3.8, 4) is 6.07 Å². The van der Waals surface area contributed by atoms with Crippen LogP contribution in [-0.4, -0.2) is 55.5 Å². The average Bonchev–Trinajstić information content (AvgIpc) is 3.03. The van der Waals surface area contributed by atoms with Gasteiger partial charge in [-0.15, -0.1) is 24.0 Å². The van der Waals surface area contributed by atoms with E-state index in [1.807, 2.05) is 31.3 Å². The van der Waals surface area contributed by atoms with Crippen LogP contribution in [0.15, 0.2) is 29.3 Å². The third-order valence-corrected chi connectivity index (χ3v) is 4.50. The first-order chi connectivity index (χ1) is 11.2. The largest absolute Gasteiger partial charge is 0.352 e. The van der Waals surface area contributed by atoms with E-state index in [2.05, 4.69) is 40.1 Å². The molecule has 1 atom stereocenters. The van der Waals surface area contributed by atoms with Crippen LogP contribution in [0.1, 0.15) is 30.9 Å². The van der Waals surface area contributed by atoms with Crippen LogP contribution >= 0.6 is 24.0 Å². The minimum Gasteiger partial charge on any atom is -0.352 e. The Hall–Kier alpha value is -1.33. The quantitative estimate of drug-likeness (QED) is 0.434. The second-order valence-electron chi connectivity index (χ2n) is 6.01. The molecule has 1 unspecified atom stereocenters. The van der Waals surface area contributed by atoms with Gasteiger partial charge in [0, 0.05) is 33.2 Å². The van der Waals surface area contributed by atoms with Crippen molar-refractivity contribution in [1.82, 2.24) is 15.1 Å². The molecule has 2 rings (SSSR count). The number of likely N-dealkylation sites (tertiary alicyclic amines) is 1. The van der Waals surface area contributed by atoms with Crippen LogP contribution in [0.2, 0.25) is 0 Å². The lowest BCUT2D eigenvalue weighted by Gasteiger charge is -2.29. The fraction of sp³-hybridized carbons (Fsp3) is 0.556. The summed E-state index contributed by atoms with van der Waals surface area (Å²) in [6, 6.07) is 10.4. The molecule has 132 valence electrons. The lowest BCUT2D eigenvalue weighted by Crippen LogP contribution is -2.45. The molecule has 1 heterocycles. The molecule has 1 aromatic carbocycles. The van der Waals surface area contributed by atoms with E-state index in [-0.39, 0.29) is 24.0 Å². The Balaban J connectivity index is 0.00000288. The Morgan fingerprint density at radius 1 is 1.42 bits per heavy atom. The second kappa shape index (κ2) is 10.5. The topological polar surface area (TPSA) is 54.7 Å². The molecule has 1 aliphatic rings. The van der Waals surface area contributed by atoms with Gasteiger partial charge in [0.25, 0.3) is 0 Å². The summed E-state index contributed by atoms with van der Waals surface area (Å²) >= 11 is 0. The molecule has 1 fully saturated rings. The maximum Gasteiger partial charge on any atom is 0.193 e. The van der Waals surface area contributed by atoms with Crippen LogP contribution in [0, 0.1) is 11.3 Å². The van der Waals surface area contributed by atoms with Crippen molar-refractivity contribution in [2.45, 2.75) is 32.4 Å². The summed E-state index contributed by atoms with van der Waals surface area (Å²) in [6.45, 7) is 6.28. The van der Waals surface area contributed by atoms with Crippen LogP contribution in [0.5, 0.6) is 0 Å². The van der Waals surface area contributed by atoms with Crippen molar-refractivity contribution in [1.29, 1.82) is 5.26 Å². The van der Waals surface area contributed by atoms with Crippen molar-refractivity contribution in [3.63, 3.8) is 0 Å². The van der Waals surface area contributed by atoms with Gasteiger partial charge < -0.3 is 10.2 Å². The maximum atomic E-state index is 8.84. The third-order valence-electron chi connectivity index (χ3n) is 4.50. The van der Waals surface area contributed by atoms with Crippen LogP contribution < -0.4 is 5.32 Å². The van der Waals surface area contributed by atoms with Gasteiger partial charge in [0.15, 0.2) is 5.96 Å². The molecule has 0 bridgehead atoms. The molecule has 1 aromatic rings. The van der Waals surface area contributed by atoms with E-state index in [0.29, 0.717) is 18.2 Å². The SMILES string of the molecule is CCN1CCCC1CN(C)C(=NC)NCc1ccc(C#N)cc1.I. The van der Waals surface area contributed by atoms with E-state index < -0.39 is 0 Å². The number of halogens is 1. The van der Waals surface area contributed by atoms with Crippen molar-refractivity contribution in [2.75, 3.05) is 33.7 Å². The number of likely N-dealkylation sites (N-methyl/N-ethyl adjacent to an activating group) is 2. The van der Waals surface area contributed by atoms with Gasteiger partial charge in [-0.3, -0.25) is 9.89 Å². The van der Waals surface area contributed by atoms with E-state index in [1.54, 1.807) is 0 Å². The number of guanidine groups is 1. The monoisotopic (exact) mass is 441 g/mol. The standard InChI is InChI=1S/C18H27N5.HI/c1-4-23-11-5-6-17(23)14-22(3)18(20-2)21-13-16-9-7-15(12-19)8-10-16;/h7-10,17H,4-6,11,13-14H2,1-3H3,(H,20,21);1H. The first-order valence-electron chi connectivity index (χ1n) is 8.32. The average molecular weight is 441 g/mol. The van der Waals surface area contributed by atoms with E-state index in [0.717, 1.165) is 24.6 Å². The second-order valence-corrected chi connectivity index (χ2v) is 6.01. The normalized spacial score (nSPS) is 17.9. The summed E-state index contributed by atoms with van der Waals surface area (Å²) in [4.78, 5) is 9.15. The van der Waals surface area contributed by atoms with Gasteiger partial charge in [0.05, 0.1) is 11.6 Å². The molecule has 0 aliphatic carbocycles. The number of benzene rings is 1. The Labute approximate surface area is 162 Å². The van der Waals surface area contributed by atoms with Crippen LogP contribution in [0.3, 0.4) is 0 Å². The Kier molecular flexibility index (Phi) is 9.08. The molecular weight excluding hydrogens is 413 g/mol. The van der Waals surface area contributed by atoms with Gasteiger partial charge in [0.2, 0.25) is 0 Å². The molecular formula is C18H28IN5. The number of hydrogen-bond donors (Lipinski definition) is 1. The van der Waals surface area contributed by atoms with Crippen LogP contribution in [0.25, 0.3) is 0 Å². The number of hydrogen-bond acceptors (Lipinski definition) is 3. The number of nitrogens with one attached hydrogen (secondary N) is 1. The van der Waals surface area contributed by atoms with Crippen molar-refractivity contribution in [2.24, 2.45) is 4.99 Å². The summed E-state index contributed by atoms with van der Waals surface area (Å²) in [5.74, 6) is 0.914. The van der Waals surface area contributed by atoms with Gasteiger partial charge in [-0.25, -0.2) is 0 Å². The van der Waals surface area contributed by atoms with E-state index in [1.165, 1.54) is 19.4 Å². The van der Waals surface area contributed by atoms with Crippen molar-refractivity contribution >= 4 is 29.9 Å². The number of nitriles is 1. The van der Waals surface area contributed by atoms with Gasteiger partial charge in [-0.2, -0.15) is 5.26 Å². The van der Waals surface area contributed by atoms with Gasteiger partial charge in [0.1, 0.15) is 0 Å². The highest BCUT2D eigenvalue weighted by atomic mass is 127. The smallest absolute Gasteiger partial charge is 0.193 e. The minimum atomic E-state index is 0. The molecule has 0 saturated carbocycles. The van der Waals surface area contributed by atoms with Crippen molar-refractivity contribution in [3.05, 3.63) is 35.4 Å². The molecule has 0 radical (unpaired) electrons. The highest BCUT2D eigenvalue weighted by molar-refractivity contribution is 14.0. The van der Waals surface area contributed by atoms with Crippen LogP contribution in [-0.2, 0) is 6.54 Å². The highest BCUT2D eigenvalue weighted by Gasteiger charge is 2.24.